The zero-order valence-electron chi connectivity index (χ0n) is 12.3. The molecule has 0 radical (unpaired) electrons. The molecule has 0 aliphatic rings. The van der Waals surface area contributed by atoms with Crippen LogP contribution in [0.3, 0.4) is 0 Å². The minimum atomic E-state index is -0.232. The Morgan fingerprint density at radius 1 is 1.50 bits per heavy atom. The maximum absolute atomic E-state index is 12.0. The molecule has 1 aromatic rings. The first-order chi connectivity index (χ1) is 9.27. The molecule has 0 aromatic carbocycles. The van der Waals surface area contributed by atoms with Crippen molar-refractivity contribution in [2.75, 3.05) is 6.54 Å². The van der Waals surface area contributed by atoms with E-state index >= 15 is 0 Å². The standard InChI is InChI=1S/C14H22N4O2/c1-9(2)14(3,4)8-17-13(19)11-6-5-10(7-16-11)12(15)18-20/h5-7,9,20H,8H2,1-4H3,(H2,15,18)(H,17,19). The third kappa shape index (κ3) is 3.94. The van der Waals surface area contributed by atoms with Crippen molar-refractivity contribution in [2.45, 2.75) is 27.7 Å². The molecule has 6 heteroatoms. The SMILES string of the molecule is CC(C)C(C)(C)CNC(=O)c1ccc(/C(N)=N/O)cn1. The van der Waals surface area contributed by atoms with Crippen LogP contribution in [0.25, 0.3) is 0 Å². The Balaban J connectivity index is 2.70. The highest BCUT2D eigenvalue weighted by atomic mass is 16.4. The van der Waals surface area contributed by atoms with E-state index in [1.165, 1.54) is 6.20 Å². The fraction of sp³-hybridized carbons (Fsp3) is 0.500. The maximum Gasteiger partial charge on any atom is 0.269 e. The van der Waals surface area contributed by atoms with E-state index in [1.807, 2.05) is 0 Å². The molecule has 1 aromatic heterocycles. The highest BCUT2D eigenvalue weighted by molar-refractivity contribution is 5.98. The second-order valence-electron chi connectivity index (χ2n) is 5.74. The second-order valence-corrected chi connectivity index (χ2v) is 5.74. The van der Waals surface area contributed by atoms with Crippen molar-refractivity contribution in [3.05, 3.63) is 29.6 Å². The lowest BCUT2D eigenvalue weighted by atomic mass is 9.81. The minimum absolute atomic E-state index is 0.0174. The van der Waals surface area contributed by atoms with Crippen LogP contribution in [-0.4, -0.2) is 28.5 Å². The van der Waals surface area contributed by atoms with Gasteiger partial charge in [-0.2, -0.15) is 0 Å². The molecular formula is C14H22N4O2. The largest absolute Gasteiger partial charge is 0.409 e. The monoisotopic (exact) mass is 278 g/mol. The van der Waals surface area contributed by atoms with Gasteiger partial charge in [-0.1, -0.05) is 32.9 Å². The lowest BCUT2D eigenvalue weighted by Gasteiger charge is -2.29. The summed E-state index contributed by atoms with van der Waals surface area (Å²) in [5, 5.41) is 14.3. The Bertz CT molecular complexity index is 492. The van der Waals surface area contributed by atoms with E-state index in [-0.39, 0.29) is 17.2 Å². The first-order valence-corrected chi connectivity index (χ1v) is 6.50. The summed E-state index contributed by atoms with van der Waals surface area (Å²) in [7, 11) is 0. The van der Waals surface area contributed by atoms with Gasteiger partial charge in [0.25, 0.3) is 5.91 Å². The minimum Gasteiger partial charge on any atom is -0.409 e. The van der Waals surface area contributed by atoms with Gasteiger partial charge in [-0.25, -0.2) is 0 Å². The topological polar surface area (TPSA) is 101 Å². The fourth-order valence-electron chi connectivity index (χ4n) is 1.34. The average Bonchev–Trinajstić information content (AvgIpc) is 2.44. The highest BCUT2D eigenvalue weighted by Crippen LogP contribution is 2.24. The molecule has 110 valence electrons. The Hall–Kier alpha value is -2.11. The molecule has 1 rings (SSSR count). The van der Waals surface area contributed by atoms with E-state index in [1.54, 1.807) is 12.1 Å². The van der Waals surface area contributed by atoms with Gasteiger partial charge in [-0.3, -0.25) is 9.78 Å². The predicted octanol–water partition coefficient (Wildman–Crippen LogP) is 1.59. The summed E-state index contributed by atoms with van der Waals surface area (Å²) in [6.07, 6.45) is 1.40. The first-order valence-electron chi connectivity index (χ1n) is 6.50. The maximum atomic E-state index is 12.0. The van der Waals surface area contributed by atoms with E-state index < -0.39 is 0 Å². The Kier molecular flexibility index (Phi) is 5.07. The van der Waals surface area contributed by atoms with Crippen LogP contribution in [-0.2, 0) is 0 Å². The third-order valence-corrected chi connectivity index (χ3v) is 3.67. The molecule has 6 nitrogen and oxygen atoms in total. The first kappa shape index (κ1) is 15.9. The van der Waals surface area contributed by atoms with Crippen LogP contribution in [0.2, 0.25) is 0 Å². The van der Waals surface area contributed by atoms with Gasteiger partial charge in [0.05, 0.1) is 0 Å². The summed E-state index contributed by atoms with van der Waals surface area (Å²) < 4.78 is 0. The van der Waals surface area contributed by atoms with Crippen molar-refractivity contribution >= 4 is 11.7 Å². The summed E-state index contributed by atoms with van der Waals surface area (Å²) in [5.74, 6) is 0.189. The van der Waals surface area contributed by atoms with Crippen molar-refractivity contribution in [2.24, 2.45) is 22.2 Å². The van der Waals surface area contributed by atoms with Crippen molar-refractivity contribution in [3.63, 3.8) is 0 Å². The molecule has 0 fully saturated rings. The molecule has 0 saturated carbocycles. The number of aromatic nitrogens is 1. The lowest BCUT2D eigenvalue weighted by molar-refractivity contribution is 0.0920. The molecule has 0 spiro atoms. The number of hydrogen-bond donors (Lipinski definition) is 3. The highest BCUT2D eigenvalue weighted by Gasteiger charge is 2.23. The van der Waals surface area contributed by atoms with Gasteiger partial charge in [0.15, 0.2) is 5.84 Å². The van der Waals surface area contributed by atoms with Gasteiger partial charge < -0.3 is 16.3 Å². The normalized spacial score (nSPS) is 12.6. The number of hydrogen-bond acceptors (Lipinski definition) is 4. The van der Waals surface area contributed by atoms with Crippen molar-refractivity contribution in [1.82, 2.24) is 10.3 Å². The Morgan fingerprint density at radius 2 is 2.15 bits per heavy atom. The van der Waals surface area contributed by atoms with Crippen LogP contribution < -0.4 is 11.1 Å². The molecule has 0 unspecified atom stereocenters. The van der Waals surface area contributed by atoms with E-state index in [4.69, 9.17) is 10.9 Å². The number of pyridine rings is 1. The Morgan fingerprint density at radius 3 is 2.60 bits per heavy atom. The smallest absolute Gasteiger partial charge is 0.269 e. The van der Waals surface area contributed by atoms with E-state index in [9.17, 15) is 4.79 Å². The lowest BCUT2D eigenvalue weighted by Crippen LogP contribution is -2.37. The van der Waals surface area contributed by atoms with Gasteiger partial charge in [0, 0.05) is 18.3 Å². The number of carbonyl (C=O) groups is 1. The zero-order valence-corrected chi connectivity index (χ0v) is 12.3. The molecule has 20 heavy (non-hydrogen) atoms. The molecule has 4 N–H and O–H groups in total. The van der Waals surface area contributed by atoms with E-state index in [2.05, 4.69) is 43.2 Å². The average molecular weight is 278 g/mol. The number of nitrogens with zero attached hydrogens (tertiary/aromatic N) is 2. The number of oxime groups is 1. The molecule has 0 aliphatic heterocycles. The van der Waals surface area contributed by atoms with Crippen LogP contribution in [0.5, 0.6) is 0 Å². The predicted molar refractivity (Wildman–Crippen MR) is 77.7 cm³/mol. The van der Waals surface area contributed by atoms with Crippen LogP contribution in [0, 0.1) is 11.3 Å². The molecule has 1 heterocycles. The number of amides is 1. The van der Waals surface area contributed by atoms with Gasteiger partial charge in [-0.05, 0) is 23.5 Å². The summed E-state index contributed by atoms with van der Waals surface area (Å²) in [6, 6.07) is 3.13. The molecule has 0 aliphatic carbocycles. The summed E-state index contributed by atoms with van der Waals surface area (Å²) >= 11 is 0. The van der Waals surface area contributed by atoms with Crippen LogP contribution >= 0.6 is 0 Å². The zero-order chi connectivity index (χ0) is 15.3. The molecule has 0 bridgehead atoms. The number of amidine groups is 1. The number of rotatable bonds is 5. The van der Waals surface area contributed by atoms with Crippen molar-refractivity contribution < 1.29 is 10.0 Å². The van der Waals surface area contributed by atoms with Gasteiger partial charge in [0.2, 0.25) is 0 Å². The van der Waals surface area contributed by atoms with E-state index in [0.717, 1.165) is 0 Å². The molecule has 1 amide bonds. The molecule has 0 saturated heterocycles. The third-order valence-electron chi connectivity index (χ3n) is 3.67. The summed E-state index contributed by atoms with van der Waals surface area (Å²) in [4.78, 5) is 16.0. The van der Waals surface area contributed by atoms with Crippen molar-refractivity contribution in [1.29, 1.82) is 0 Å². The van der Waals surface area contributed by atoms with Crippen LogP contribution in [0.15, 0.2) is 23.5 Å². The number of nitrogens with one attached hydrogen (secondary N) is 1. The van der Waals surface area contributed by atoms with Crippen molar-refractivity contribution in [3.8, 4) is 0 Å². The quantitative estimate of drug-likeness (QED) is 0.329. The van der Waals surface area contributed by atoms with E-state index in [0.29, 0.717) is 23.7 Å². The van der Waals surface area contributed by atoms with Gasteiger partial charge >= 0.3 is 0 Å². The number of nitrogens with two attached hydrogens (primary N) is 1. The van der Waals surface area contributed by atoms with Gasteiger partial charge in [-0.15, -0.1) is 0 Å². The molecule has 0 atom stereocenters. The molecular weight excluding hydrogens is 256 g/mol. The van der Waals surface area contributed by atoms with Gasteiger partial charge in [0.1, 0.15) is 5.69 Å². The summed E-state index contributed by atoms with van der Waals surface area (Å²) in [6.45, 7) is 9.03. The number of carbonyl (C=O) groups excluding carboxylic acids is 1. The van der Waals surface area contributed by atoms with Crippen LogP contribution in [0.1, 0.15) is 43.7 Å². The fourth-order valence-corrected chi connectivity index (χ4v) is 1.34. The summed E-state index contributed by atoms with van der Waals surface area (Å²) in [5.41, 5.74) is 6.22. The Labute approximate surface area is 119 Å². The second kappa shape index (κ2) is 6.36. The van der Waals surface area contributed by atoms with Crippen LogP contribution in [0.4, 0.5) is 0 Å².